The fraction of sp³-hybridized carbons (Fsp3) is 0.323. The Morgan fingerprint density at radius 2 is 1.93 bits per heavy atom. The molecule has 10 heteroatoms. The summed E-state index contributed by atoms with van der Waals surface area (Å²) in [5.74, 6) is 1.63. The number of methoxy groups -OCH3 is 1. The number of ether oxygens (including phenoxy) is 1. The predicted octanol–water partition coefficient (Wildman–Crippen LogP) is 3.94. The van der Waals surface area contributed by atoms with Crippen molar-refractivity contribution >= 4 is 11.3 Å². The molecule has 0 radical (unpaired) electrons. The lowest BCUT2D eigenvalue weighted by Crippen LogP contribution is -2.68. The molecule has 9 rings (SSSR count). The quantitative estimate of drug-likeness (QED) is 0.318. The Morgan fingerprint density at radius 1 is 1.02 bits per heavy atom. The highest BCUT2D eigenvalue weighted by molar-refractivity contribution is 5.87. The molecule has 0 aromatic carbocycles. The van der Waals surface area contributed by atoms with Crippen LogP contribution in [0.5, 0.6) is 5.88 Å². The minimum absolute atomic E-state index is 0.509. The minimum atomic E-state index is 0.509. The Bertz CT molecular complexity index is 1770. The van der Waals surface area contributed by atoms with Crippen LogP contribution in [0.25, 0.3) is 27.9 Å². The Labute approximate surface area is 237 Å². The lowest BCUT2D eigenvalue weighted by Gasteiger charge is -2.56. The van der Waals surface area contributed by atoms with Gasteiger partial charge in [-0.05, 0) is 49.1 Å². The first-order valence-corrected chi connectivity index (χ1v) is 14.1. The summed E-state index contributed by atoms with van der Waals surface area (Å²) in [5.41, 5.74) is 7.63. The molecule has 5 aromatic heterocycles. The summed E-state index contributed by atoms with van der Waals surface area (Å²) in [4.78, 5) is 14.2. The maximum Gasteiger partial charge on any atom is 0.212 e. The Balaban J connectivity index is 1.04. The van der Waals surface area contributed by atoms with Gasteiger partial charge in [-0.3, -0.25) is 9.58 Å². The van der Waals surface area contributed by atoms with Crippen LogP contribution in [0.15, 0.2) is 61.2 Å². The summed E-state index contributed by atoms with van der Waals surface area (Å²) in [6.07, 6.45) is 10.9. The maximum absolute atomic E-state index is 9.79. The lowest BCUT2D eigenvalue weighted by molar-refractivity contribution is -0.00876. The molecule has 0 N–H and O–H groups in total. The third-order valence-corrected chi connectivity index (χ3v) is 8.79. The second kappa shape index (κ2) is 9.42. The van der Waals surface area contributed by atoms with Gasteiger partial charge in [0.05, 0.1) is 30.1 Å². The number of hydrogen-bond donors (Lipinski definition) is 0. The molecule has 4 aliphatic rings. The summed E-state index contributed by atoms with van der Waals surface area (Å²) < 4.78 is 9.09. The van der Waals surface area contributed by atoms with Crippen LogP contribution in [0, 0.1) is 11.3 Å². The van der Waals surface area contributed by atoms with E-state index in [1.54, 1.807) is 17.8 Å². The molecule has 10 nitrogen and oxygen atoms in total. The number of hydrogen-bond acceptors (Lipinski definition) is 8. The second-order valence-corrected chi connectivity index (χ2v) is 11.2. The number of piperazine rings is 1. The Kier molecular flexibility index (Phi) is 5.53. The van der Waals surface area contributed by atoms with Crippen LogP contribution in [-0.4, -0.2) is 66.5 Å². The van der Waals surface area contributed by atoms with E-state index in [-0.39, 0.29) is 0 Å². The van der Waals surface area contributed by atoms with E-state index in [0.29, 0.717) is 23.5 Å². The van der Waals surface area contributed by atoms with Gasteiger partial charge in [-0.2, -0.15) is 15.5 Å². The summed E-state index contributed by atoms with van der Waals surface area (Å²) in [5, 5.41) is 19.1. The molecule has 4 aliphatic heterocycles. The highest BCUT2D eigenvalue weighted by Gasteiger charge is 2.44. The monoisotopic (exact) mass is 543 g/mol. The number of anilines is 1. The summed E-state index contributed by atoms with van der Waals surface area (Å²) in [6, 6.07) is 15.9. The Hall–Kier alpha value is -4.75. The average molecular weight is 544 g/mol. The van der Waals surface area contributed by atoms with Gasteiger partial charge >= 0.3 is 0 Å². The van der Waals surface area contributed by atoms with Gasteiger partial charge in [0.1, 0.15) is 11.9 Å². The van der Waals surface area contributed by atoms with E-state index < -0.39 is 0 Å². The van der Waals surface area contributed by atoms with Crippen molar-refractivity contribution in [2.24, 2.45) is 0 Å². The smallest absolute Gasteiger partial charge is 0.212 e. The van der Waals surface area contributed by atoms with Gasteiger partial charge in [-0.25, -0.2) is 14.5 Å². The summed E-state index contributed by atoms with van der Waals surface area (Å²) in [7, 11) is 1.64. The van der Waals surface area contributed by atoms with Crippen molar-refractivity contribution in [1.82, 2.24) is 34.3 Å². The first-order chi connectivity index (χ1) is 20.2. The second-order valence-electron chi connectivity index (χ2n) is 11.2. The molecule has 2 bridgehead atoms. The number of nitrogens with zero attached hydrogens (tertiary/aromatic N) is 9. The van der Waals surface area contributed by atoms with Crippen LogP contribution in [0.4, 0.5) is 5.82 Å². The molecule has 2 unspecified atom stereocenters. The number of nitriles is 1. The molecule has 0 amide bonds. The third kappa shape index (κ3) is 4.04. The molecule has 9 heterocycles. The first-order valence-electron chi connectivity index (χ1n) is 14.1. The highest BCUT2D eigenvalue weighted by atomic mass is 16.5. The molecule has 0 aliphatic carbocycles. The van der Waals surface area contributed by atoms with Gasteiger partial charge in [0.25, 0.3) is 0 Å². The van der Waals surface area contributed by atoms with Gasteiger partial charge in [-0.1, -0.05) is 6.07 Å². The topological polar surface area (TPSA) is 100 Å². The van der Waals surface area contributed by atoms with E-state index in [2.05, 4.69) is 61.0 Å². The Morgan fingerprint density at radius 3 is 2.66 bits per heavy atom. The van der Waals surface area contributed by atoms with Gasteiger partial charge in [-0.15, -0.1) is 0 Å². The fourth-order valence-electron chi connectivity index (χ4n) is 6.67. The van der Waals surface area contributed by atoms with E-state index in [1.165, 1.54) is 17.7 Å². The molecule has 0 spiro atoms. The van der Waals surface area contributed by atoms with Crippen molar-refractivity contribution < 1.29 is 4.74 Å². The molecule has 3 saturated heterocycles. The number of aryl methyl sites for hydroxylation is 2. The predicted molar refractivity (Wildman–Crippen MR) is 153 cm³/mol. The molecular formula is C31H29N9O. The zero-order valence-electron chi connectivity index (χ0n) is 22.8. The first kappa shape index (κ1) is 24.1. The van der Waals surface area contributed by atoms with E-state index in [4.69, 9.17) is 14.8 Å². The molecular weight excluding hydrogens is 514 g/mol. The van der Waals surface area contributed by atoms with Crippen LogP contribution >= 0.6 is 0 Å². The summed E-state index contributed by atoms with van der Waals surface area (Å²) >= 11 is 0. The van der Waals surface area contributed by atoms with Crippen molar-refractivity contribution in [3.05, 3.63) is 78.0 Å². The zero-order chi connectivity index (χ0) is 27.5. The highest BCUT2D eigenvalue weighted by Crippen LogP contribution is 2.37. The largest absolute Gasteiger partial charge is 0.481 e. The maximum atomic E-state index is 9.79. The molecule has 41 heavy (non-hydrogen) atoms. The zero-order valence-corrected chi connectivity index (χ0v) is 22.8. The number of pyridine rings is 3. The molecule has 3 fully saturated rings. The van der Waals surface area contributed by atoms with E-state index in [9.17, 15) is 5.26 Å². The van der Waals surface area contributed by atoms with Gasteiger partial charge in [0.15, 0.2) is 0 Å². The molecule has 2 atom stereocenters. The van der Waals surface area contributed by atoms with Crippen LogP contribution in [0.1, 0.15) is 29.7 Å². The summed E-state index contributed by atoms with van der Waals surface area (Å²) in [6.45, 7) is 3.78. The number of fused-ring (bicyclic) bond motifs is 4. The minimum Gasteiger partial charge on any atom is -0.481 e. The van der Waals surface area contributed by atoms with Crippen molar-refractivity contribution in [3.8, 4) is 34.3 Å². The van der Waals surface area contributed by atoms with Crippen molar-refractivity contribution in [3.63, 3.8) is 0 Å². The third-order valence-electron chi connectivity index (χ3n) is 8.79. The van der Waals surface area contributed by atoms with Crippen molar-refractivity contribution in [2.75, 3.05) is 25.1 Å². The van der Waals surface area contributed by atoms with E-state index in [1.807, 2.05) is 24.7 Å². The number of aromatic nitrogens is 6. The van der Waals surface area contributed by atoms with Crippen molar-refractivity contribution in [1.29, 1.82) is 5.26 Å². The fourth-order valence-corrected chi connectivity index (χ4v) is 6.67. The normalized spacial score (nSPS) is 19.7. The van der Waals surface area contributed by atoms with Gasteiger partial charge in [0, 0.05) is 85.3 Å². The van der Waals surface area contributed by atoms with Gasteiger partial charge < -0.3 is 9.64 Å². The van der Waals surface area contributed by atoms with Gasteiger partial charge in [0.2, 0.25) is 5.88 Å². The van der Waals surface area contributed by atoms with Crippen LogP contribution in [0.3, 0.4) is 0 Å². The number of rotatable bonds is 6. The van der Waals surface area contributed by atoms with Crippen LogP contribution in [0.2, 0.25) is 0 Å². The molecule has 0 saturated carbocycles. The standard InChI is InChI=1S/C31H29N9O/c1-41-30-7-4-20(13-34-30)16-38-25-10-26(38)19-37(18-25)29-6-5-21(14-33-29)27-9-22(17-40-31(27)23(12-32)15-35-40)28-11-24-3-2-8-39(24)36-28/h4-7,9,11,13-15,17,25-26H,2-3,8,10,16,18-19H2,1H3. The van der Waals surface area contributed by atoms with E-state index >= 15 is 0 Å². The lowest BCUT2D eigenvalue weighted by atomic mass is 9.87. The van der Waals surface area contributed by atoms with Crippen molar-refractivity contribution in [2.45, 2.75) is 44.4 Å². The van der Waals surface area contributed by atoms with E-state index in [0.717, 1.165) is 72.7 Å². The molecule has 5 aromatic rings. The number of piperidine rings is 1. The van der Waals surface area contributed by atoms with Crippen LogP contribution < -0.4 is 9.64 Å². The average Bonchev–Trinajstić information content (AvgIpc) is 3.75. The molecule has 204 valence electrons. The van der Waals surface area contributed by atoms with Crippen LogP contribution in [-0.2, 0) is 19.5 Å². The SMILES string of the molecule is COc1ccc(CN2C3CC2CN(c2ccc(-c4cc(-c5cc6n(n5)CCC6)cn5ncc(C#N)c45)cn2)C3)cn1.